The van der Waals surface area contributed by atoms with Crippen LogP contribution in [0.2, 0.25) is 5.32 Å². The molecular formula is C15H11Br2N3Se. The van der Waals surface area contributed by atoms with E-state index in [0.717, 1.165) is 36.0 Å². The molecule has 2 aromatic rings. The summed E-state index contributed by atoms with van der Waals surface area (Å²) in [7, 11) is 0. The minimum atomic E-state index is 0.275. The number of rotatable bonds is 2. The van der Waals surface area contributed by atoms with Crippen LogP contribution in [0, 0.1) is 0 Å². The molecule has 0 bridgehead atoms. The third-order valence-electron chi connectivity index (χ3n) is 2.87. The topological polar surface area (TPSA) is 36.8 Å². The molecule has 2 aromatic carbocycles. The van der Waals surface area contributed by atoms with E-state index >= 15 is 0 Å². The first-order valence-corrected chi connectivity index (χ1v) is 9.92. The van der Waals surface area contributed by atoms with Gasteiger partial charge in [-0.25, -0.2) is 0 Å². The van der Waals surface area contributed by atoms with Gasteiger partial charge in [-0.1, -0.05) is 0 Å². The van der Waals surface area contributed by atoms with Crippen LogP contribution in [0.3, 0.4) is 0 Å². The van der Waals surface area contributed by atoms with E-state index in [1.54, 1.807) is 0 Å². The maximum atomic E-state index is 4.60. The number of hydrazone groups is 1. The second-order valence-electron chi connectivity index (χ2n) is 4.36. The van der Waals surface area contributed by atoms with Crippen LogP contribution in [-0.4, -0.2) is 25.4 Å². The predicted molar refractivity (Wildman–Crippen MR) is 95.6 cm³/mol. The summed E-state index contributed by atoms with van der Waals surface area (Å²) in [6, 6.07) is 16.2. The molecule has 0 amide bonds. The number of nitrogens with zero attached hydrogens (tertiary/aromatic N) is 2. The molecule has 3 nitrogen and oxygen atoms in total. The van der Waals surface area contributed by atoms with Crippen LogP contribution in [0.5, 0.6) is 0 Å². The third kappa shape index (κ3) is 4.04. The van der Waals surface area contributed by atoms with E-state index < -0.39 is 0 Å². The van der Waals surface area contributed by atoms with Crippen LogP contribution in [0.15, 0.2) is 67.6 Å². The zero-order chi connectivity index (χ0) is 14.7. The van der Waals surface area contributed by atoms with Crippen LogP contribution >= 0.6 is 31.9 Å². The van der Waals surface area contributed by atoms with Gasteiger partial charge in [-0.3, -0.25) is 0 Å². The fourth-order valence-electron chi connectivity index (χ4n) is 1.80. The van der Waals surface area contributed by atoms with Crippen molar-refractivity contribution in [1.82, 2.24) is 5.43 Å². The Bertz CT molecular complexity index is 694. The zero-order valence-electron chi connectivity index (χ0n) is 10.9. The van der Waals surface area contributed by atoms with Gasteiger partial charge >= 0.3 is 147 Å². The van der Waals surface area contributed by atoms with Crippen molar-refractivity contribution in [1.29, 1.82) is 0 Å². The van der Waals surface area contributed by atoms with Crippen molar-refractivity contribution in [3.8, 4) is 0 Å². The molecule has 1 N–H and O–H groups in total. The van der Waals surface area contributed by atoms with Crippen molar-refractivity contribution in [2.45, 2.75) is 5.32 Å². The summed E-state index contributed by atoms with van der Waals surface area (Å²) in [6.07, 6.45) is 0. The summed E-state index contributed by atoms with van der Waals surface area (Å²) in [6.45, 7) is 0. The molecule has 3 rings (SSSR count). The molecule has 106 valence electrons. The van der Waals surface area contributed by atoms with Gasteiger partial charge in [0.15, 0.2) is 0 Å². The fraction of sp³-hybridized carbons (Fsp3) is 0.0667. The van der Waals surface area contributed by atoms with Gasteiger partial charge in [-0.15, -0.1) is 0 Å². The van der Waals surface area contributed by atoms with Gasteiger partial charge in [0.1, 0.15) is 0 Å². The Morgan fingerprint density at radius 3 is 2.14 bits per heavy atom. The Balaban J connectivity index is 1.74. The Kier molecular flexibility index (Phi) is 4.91. The van der Waals surface area contributed by atoms with Crippen LogP contribution in [0.25, 0.3) is 0 Å². The molecule has 6 heteroatoms. The number of amidine groups is 1. The first-order chi connectivity index (χ1) is 10.2. The molecule has 1 heterocycles. The number of hydrogen-bond acceptors (Lipinski definition) is 2. The minimum absolute atomic E-state index is 0.275. The maximum absolute atomic E-state index is 4.60. The Morgan fingerprint density at radius 1 is 0.952 bits per heavy atom. The predicted octanol–water partition coefficient (Wildman–Crippen LogP) is 4.33. The standard InChI is InChI=1S/C15H11Br2N3Se/c16-11-3-1-10(2-4-11)14-9-21-15(20-19-14)18-13-7-5-12(17)6-8-13/h1-8H,9H2,(H,18,20). The van der Waals surface area contributed by atoms with Crippen LogP contribution in [0.4, 0.5) is 5.69 Å². The molecule has 0 fully saturated rings. The van der Waals surface area contributed by atoms with Gasteiger partial charge in [0.05, 0.1) is 0 Å². The first-order valence-electron chi connectivity index (χ1n) is 6.26. The monoisotopic (exact) mass is 471 g/mol. The van der Waals surface area contributed by atoms with E-state index in [0.29, 0.717) is 0 Å². The summed E-state index contributed by atoms with van der Waals surface area (Å²) >= 11 is 7.15. The molecule has 0 radical (unpaired) electrons. The number of aliphatic imine (C=N–C) groups is 1. The molecule has 0 spiro atoms. The molecule has 0 aliphatic carbocycles. The summed E-state index contributed by atoms with van der Waals surface area (Å²) in [5.74, 6) is 0. The number of nitrogens with one attached hydrogen (secondary N) is 1. The summed E-state index contributed by atoms with van der Waals surface area (Å²) < 4.78 is 3.11. The van der Waals surface area contributed by atoms with Crippen LogP contribution in [0.1, 0.15) is 5.56 Å². The molecule has 1 aliphatic heterocycles. The Hall–Kier alpha value is -0.941. The molecule has 0 saturated heterocycles. The van der Waals surface area contributed by atoms with Crippen molar-refractivity contribution >= 4 is 62.9 Å². The van der Waals surface area contributed by atoms with E-state index in [1.165, 1.54) is 0 Å². The first kappa shape index (κ1) is 15.0. The summed E-state index contributed by atoms with van der Waals surface area (Å²) in [5.41, 5.74) is 6.29. The zero-order valence-corrected chi connectivity index (χ0v) is 15.8. The number of halogens is 2. The van der Waals surface area contributed by atoms with E-state index in [-0.39, 0.29) is 15.0 Å². The van der Waals surface area contributed by atoms with Gasteiger partial charge in [-0.2, -0.15) is 0 Å². The van der Waals surface area contributed by atoms with Gasteiger partial charge in [0.2, 0.25) is 0 Å². The molecule has 1 aliphatic rings. The second-order valence-corrected chi connectivity index (χ2v) is 8.21. The van der Waals surface area contributed by atoms with Crippen LogP contribution in [-0.2, 0) is 0 Å². The van der Waals surface area contributed by atoms with Gasteiger partial charge in [-0.05, 0) is 0 Å². The van der Waals surface area contributed by atoms with Crippen molar-refractivity contribution in [2.75, 3.05) is 0 Å². The molecule has 0 unspecified atom stereocenters. The van der Waals surface area contributed by atoms with Gasteiger partial charge < -0.3 is 0 Å². The van der Waals surface area contributed by atoms with Gasteiger partial charge in [0, 0.05) is 0 Å². The Labute approximate surface area is 146 Å². The summed E-state index contributed by atoms with van der Waals surface area (Å²) in [4.78, 5) is 4.60. The molecule has 21 heavy (non-hydrogen) atoms. The second kappa shape index (κ2) is 6.88. The average molecular weight is 472 g/mol. The number of hydrogen-bond donors (Lipinski definition) is 1. The van der Waals surface area contributed by atoms with Crippen molar-refractivity contribution in [3.05, 3.63) is 63.0 Å². The molecule has 0 aromatic heterocycles. The molecule has 0 atom stereocenters. The SMILES string of the molecule is Brc1ccc(N=C2NN=C(c3ccc(Br)cc3)C[Se]2)cc1. The normalized spacial score (nSPS) is 16.5. The molecule has 0 saturated carbocycles. The quantitative estimate of drug-likeness (QED) is 0.650. The Morgan fingerprint density at radius 2 is 1.57 bits per heavy atom. The van der Waals surface area contributed by atoms with E-state index in [9.17, 15) is 0 Å². The third-order valence-corrected chi connectivity index (χ3v) is 5.76. The molecular weight excluding hydrogens is 461 g/mol. The van der Waals surface area contributed by atoms with E-state index in [2.05, 4.69) is 59.5 Å². The van der Waals surface area contributed by atoms with Gasteiger partial charge in [0.25, 0.3) is 0 Å². The van der Waals surface area contributed by atoms with Crippen LogP contribution < -0.4 is 5.43 Å². The fourth-order valence-corrected chi connectivity index (χ4v) is 3.97. The van der Waals surface area contributed by atoms with Crippen molar-refractivity contribution < 1.29 is 0 Å². The van der Waals surface area contributed by atoms with Crippen molar-refractivity contribution in [2.24, 2.45) is 10.1 Å². The van der Waals surface area contributed by atoms with E-state index in [1.807, 2.05) is 36.4 Å². The van der Waals surface area contributed by atoms with Crippen molar-refractivity contribution in [3.63, 3.8) is 0 Å². The summed E-state index contributed by atoms with van der Waals surface area (Å²) in [5, 5.41) is 5.41. The number of benzene rings is 2. The average Bonchev–Trinajstić information content (AvgIpc) is 2.51. The van der Waals surface area contributed by atoms with E-state index in [4.69, 9.17) is 0 Å².